The van der Waals surface area contributed by atoms with E-state index in [4.69, 9.17) is 0 Å². The summed E-state index contributed by atoms with van der Waals surface area (Å²) < 4.78 is 13.7. The van der Waals surface area contributed by atoms with E-state index in [0.717, 1.165) is 5.56 Å². The lowest BCUT2D eigenvalue weighted by molar-refractivity contribution is 0.0945. The van der Waals surface area contributed by atoms with Crippen LogP contribution in [0, 0.1) is 12.7 Å². The molecule has 1 N–H and O–H groups in total. The summed E-state index contributed by atoms with van der Waals surface area (Å²) in [6.45, 7) is 2.50. The Labute approximate surface area is 157 Å². The Morgan fingerprint density at radius 2 is 1.78 bits per heavy atom. The summed E-state index contributed by atoms with van der Waals surface area (Å²) in [5.74, 6) is 0.448. The molecule has 0 saturated heterocycles. The van der Waals surface area contributed by atoms with Gasteiger partial charge in [0.1, 0.15) is 23.2 Å². The van der Waals surface area contributed by atoms with Crippen LogP contribution in [0.5, 0.6) is 0 Å². The molecule has 0 spiro atoms. The first kappa shape index (κ1) is 18.5. The van der Waals surface area contributed by atoms with E-state index in [2.05, 4.69) is 15.3 Å². The quantitative estimate of drug-likeness (QED) is 0.727. The van der Waals surface area contributed by atoms with E-state index in [1.54, 1.807) is 31.2 Å². The zero-order valence-electron chi connectivity index (χ0n) is 15.3. The standard InChI is InChI=1S/C21H21FN4O/c1-15-24-19(21(27)23-13-17-10-6-7-11-18(17)22)12-20(25-15)26(2)14-16-8-4-3-5-9-16/h3-12H,13-14H2,1-2H3,(H,23,27). The molecule has 5 nitrogen and oxygen atoms in total. The molecule has 3 aromatic rings. The molecule has 0 atom stereocenters. The van der Waals surface area contributed by atoms with E-state index in [1.807, 2.05) is 42.3 Å². The van der Waals surface area contributed by atoms with Crippen molar-refractivity contribution >= 4 is 11.7 Å². The fraction of sp³-hybridized carbons (Fsp3) is 0.190. The second kappa shape index (κ2) is 8.40. The SMILES string of the molecule is Cc1nc(C(=O)NCc2ccccc2F)cc(N(C)Cc2ccccc2)n1. The molecule has 0 fully saturated rings. The summed E-state index contributed by atoms with van der Waals surface area (Å²) in [6, 6.07) is 18.0. The maximum atomic E-state index is 13.7. The number of carbonyl (C=O) groups excluding carboxylic acids is 1. The highest BCUT2D eigenvalue weighted by atomic mass is 19.1. The topological polar surface area (TPSA) is 58.1 Å². The van der Waals surface area contributed by atoms with Gasteiger partial charge in [-0.25, -0.2) is 14.4 Å². The van der Waals surface area contributed by atoms with E-state index in [-0.39, 0.29) is 24.0 Å². The van der Waals surface area contributed by atoms with E-state index in [1.165, 1.54) is 6.07 Å². The second-order valence-electron chi connectivity index (χ2n) is 6.27. The number of carbonyl (C=O) groups is 1. The number of nitrogens with one attached hydrogen (secondary N) is 1. The van der Waals surface area contributed by atoms with E-state index in [9.17, 15) is 9.18 Å². The van der Waals surface area contributed by atoms with Crippen molar-refractivity contribution in [2.24, 2.45) is 0 Å². The number of amides is 1. The van der Waals surface area contributed by atoms with Crippen LogP contribution in [0.3, 0.4) is 0 Å². The van der Waals surface area contributed by atoms with Crippen LogP contribution >= 0.6 is 0 Å². The number of nitrogens with zero attached hydrogens (tertiary/aromatic N) is 3. The number of halogens is 1. The minimum atomic E-state index is -0.363. The van der Waals surface area contributed by atoms with Crippen LogP contribution in [0.25, 0.3) is 0 Å². The average Bonchev–Trinajstić information content (AvgIpc) is 2.67. The summed E-state index contributed by atoms with van der Waals surface area (Å²) in [7, 11) is 1.91. The average molecular weight is 364 g/mol. The molecule has 2 aromatic carbocycles. The smallest absolute Gasteiger partial charge is 0.270 e. The Morgan fingerprint density at radius 3 is 2.52 bits per heavy atom. The Bertz CT molecular complexity index is 930. The third-order valence-electron chi connectivity index (χ3n) is 4.11. The van der Waals surface area contributed by atoms with Crippen molar-refractivity contribution in [2.75, 3.05) is 11.9 Å². The predicted octanol–water partition coefficient (Wildman–Crippen LogP) is 3.49. The molecule has 0 aliphatic carbocycles. The number of hydrogen-bond donors (Lipinski definition) is 1. The molecule has 0 saturated carbocycles. The van der Waals surface area contributed by atoms with Crippen molar-refractivity contribution in [3.05, 3.63) is 89.1 Å². The van der Waals surface area contributed by atoms with Crippen LogP contribution < -0.4 is 10.2 Å². The largest absolute Gasteiger partial charge is 0.355 e. The molecule has 0 aliphatic rings. The number of benzene rings is 2. The Balaban J connectivity index is 1.72. The van der Waals surface area contributed by atoms with Crippen molar-refractivity contribution in [2.45, 2.75) is 20.0 Å². The lowest BCUT2D eigenvalue weighted by atomic mass is 10.2. The Hall–Kier alpha value is -3.28. The maximum absolute atomic E-state index is 13.7. The minimum Gasteiger partial charge on any atom is -0.355 e. The number of aromatic nitrogens is 2. The molecule has 0 aliphatic heterocycles. The highest BCUT2D eigenvalue weighted by molar-refractivity contribution is 5.92. The first-order valence-electron chi connectivity index (χ1n) is 8.65. The van der Waals surface area contributed by atoms with Crippen molar-refractivity contribution < 1.29 is 9.18 Å². The van der Waals surface area contributed by atoms with Crippen LogP contribution in [0.2, 0.25) is 0 Å². The molecule has 1 heterocycles. The first-order valence-corrected chi connectivity index (χ1v) is 8.65. The van der Waals surface area contributed by atoms with Crippen LogP contribution in [0.1, 0.15) is 27.4 Å². The molecule has 27 heavy (non-hydrogen) atoms. The number of anilines is 1. The predicted molar refractivity (Wildman–Crippen MR) is 103 cm³/mol. The van der Waals surface area contributed by atoms with Gasteiger partial charge in [-0.1, -0.05) is 48.5 Å². The summed E-state index contributed by atoms with van der Waals surface area (Å²) >= 11 is 0. The van der Waals surface area contributed by atoms with Crippen molar-refractivity contribution in [1.82, 2.24) is 15.3 Å². The van der Waals surface area contributed by atoms with Gasteiger partial charge in [-0.2, -0.15) is 0 Å². The van der Waals surface area contributed by atoms with Gasteiger partial charge in [0.2, 0.25) is 0 Å². The summed E-state index contributed by atoms with van der Waals surface area (Å²) in [5, 5.41) is 2.71. The van der Waals surface area contributed by atoms with Gasteiger partial charge in [0.25, 0.3) is 5.91 Å². The van der Waals surface area contributed by atoms with Gasteiger partial charge in [-0.05, 0) is 18.6 Å². The third kappa shape index (κ3) is 4.88. The first-order chi connectivity index (χ1) is 13.0. The summed E-state index contributed by atoms with van der Waals surface area (Å²) in [6.07, 6.45) is 0. The minimum absolute atomic E-state index is 0.101. The fourth-order valence-electron chi connectivity index (χ4n) is 2.71. The lowest BCUT2D eigenvalue weighted by Gasteiger charge is -2.19. The molecule has 0 unspecified atom stereocenters. The van der Waals surface area contributed by atoms with Crippen molar-refractivity contribution in [3.8, 4) is 0 Å². The van der Waals surface area contributed by atoms with Gasteiger partial charge in [0, 0.05) is 31.8 Å². The highest BCUT2D eigenvalue weighted by Gasteiger charge is 2.13. The second-order valence-corrected chi connectivity index (χ2v) is 6.27. The van der Waals surface area contributed by atoms with Gasteiger partial charge in [-0.15, -0.1) is 0 Å². The molecule has 1 amide bonds. The van der Waals surface area contributed by atoms with Gasteiger partial charge in [-0.3, -0.25) is 4.79 Å². The monoisotopic (exact) mass is 364 g/mol. The van der Waals surface area contributed by atoms with Crippen LogP contribution in [-0.4, -0.2) is 22.9 Å². The summed E-state index contributed by atoms with van der Waals surface area (Å²) in [4.78, 5) is 23.1. The number of rotatable bonds is 6. The maximum Gasteiger partial charge on any atom is 0.270 e. The third-order valence-corrected chi connectivity index (χ3v) is 4.11. The van der Waals surface area contributed by atoms with Gasteiger partial charge < -0.3 is 10.2 Å². The van der Waals surface area contributed by atoms with Crippen molar-refractivity contribution in [3.63, 3.8) is 0 Å². The lowest BCUT2D eigenvalue weighted by Crippen LogP contribution is -2.26. The normalized spacial score (nSPS) is 10.5. The number of hydrogen-bond acceptors (Lipinski definition) is 4. The molecule has 6 heteroatoms. The van der Waals surface area contributed by atoms with Crippen LogP contribution in [-0.2, 0) is 13.1 Å². The molecule has 3 rings (SSSR count). The molecule has 138 valence electrons. The van der Waals surface area contributed by atoms with Gasteiger partial charge in [0.05, 0.1) is 0 Å². The zero-order valence-corrected chi connectivity index (χ0v) is 15.3. The van der Waals surface area contributed by atoms with E-state index >= 15 is 0 Å². The molecular weight excluding hydrogens is 343 g/mol. The number of aryl methyl sites for hydroxylation is 1. The molecular formula is C21H21FN4O. The van der Waals surface area contributed by atoms with Crippen LogP contribution in [0.15, 0.2) is 60.7 Å². The molecule has 0 radical (unpaired) electrons. The van der Waals surface area contributed by atoms with Crippen LogP contribution in [0.4, 0.5) is 10.2 Å². The zero-order chi connectivity index (χ0) is 19.2. The highest BCUT2D eigenvalue weighted by Crippen LogP contribution is 2.15. The molecule has 1 aromatic heterocycles. The Kier molecular flexibility index (Phi) is 5.76. The van der Waals surface area contributed by atoms with E-state index in [0.29, 0.717) is 23.8 Å². The van der Waals surface area contributed by atoms with Gasteiger partial charge >= 0.3 is 0 Å². The summed E-state index contributed by atoms with van der Waals surface area (Å²) in [5.41, 5.74) is 1.83. The fourth-order valence-corrected chi connectivity index (χ4v) is 2.71. The Morgan fingerprint density at radius 1 is 1.07 bits per heavy atom. The van der Waals surface area contributed by atoms with E-state index < -0.39 is 0 Å². The van der Waals surface area contributed by atoms with Crippen molar-refractivity contribution in [1.29, 1.82) is 0 Å². The van der Waals surface area contributed by atoms with Gasteiger partial charge in [0.15, 0.2) is 0 Å². The molecule has 0 bridgehead atoms.